The van der Waals surface area contributed by atoms with Crippen molar-refractivity contribution in [1.29, 1.82) is 0 Å². The fourth-order valence-electron chi connectivity index (χ4n) is 2.95. The van der Waals surface area contributed by atoms with Gasteiger partial charge in [0.05, 0.1) is 0 Å². The summed E-state index contributed by atoms with van der Waals surface area (Å²) in [7, 11) is 2.16. The molecule has 0 fully saturated rings. The normalized spacial score (nSPS) is 14.0. The van der Waals surface area contributed by atoms with E-state index in [-0.39, 0.29) is 0 Å². The fraction of sp³-hybridized carbons (Fsp3) is 0.333. The van der Waals surface area contributed by atoms with E-state index in [1.165, 1.54) is 29.7 Å². The number of fused-ring (bicyclic) bond motifs is 1. The molecule has 3 rings (SSSR count). The van der Waals surface area contributed by atoms with E-state index in [2.05, 4.69) is 35.5 Å². The highest BCUT2D eigenvalue weighted by Crippen LogP contribution is 2.26. The zero-order valence-electron chi connectivity index (χ0n) is 12.5. The molecule has 1 aliphatic heterocycles. The first kappa shape index (κ1) is 14.0. The van der Waals surface area contributed by atoms with Crippen molar-refractivity contribution < 1.29 is 5.11 Å². The predicted octanol–water partition coefficient (Wildman–Crippen LogP) is 3.06. The Kier molecular flexibility index (Phi) is 4.11. The summed E-state index contributed by atoms with van der Waals surface area (Å²) in [6.45, 7) is 2.66. The lowest BCUT2D eigenvalue weighted by Gasteiger charge is -2.27. The number of aryl methyl sites for hydroxylation is 1. The minimum absolute atomic E-state index is 0.358. The largest absolute Gasteiger partial charge is 0.508 e. The average molecular weight is 282 g/mol. The second kappa shape index (κ2) is 6.19. The van der Waals surface area contributed by atoms with E-state index in [1.54, 1.807) is 6.07 Å². The molecule has 0 saturated carbocycles. The Bertz CT molecular complexity index is 624. The molecule has 3 nitrogen and oxygen atoms in total. The Labute approximate surface area is 126 Å². The number of benzene rings is 2. The summed E-state index contributed by atoms with van der Waals surface area (Å²) < 4.78 is 0. The maximum absolute atomic E-state index is 9.75. The second-order valence-corrected chi connectivity index (χ2v) is 5.72. The lowest BCUT2D eigenvalue weighted by Crippen LogP contribution is -2.24. The number of anilines is 1. The number of phenols is 1. The summed E-state index contributed by atoms with van der Waals surface area (Å²) in [4.78, 5) is 2.33. The molecule has 2 N–H and O–H groups in total. The molecule has 21 heavy (non-hydrogen) atoms. The topological polar surface area (TPSA) is 35.5 Å². The quantitative estimate of drug-likeness (QED) is 0.904. The molecule has 0 saturated heterocycles. The van der Waals surface area contributed by atoms with Crippen LogP contribution in [0.25, 0.3) is 0 Å². The number of phenolic OH excluding ortho intramolecular Hbond substituents is 1. The van der Waals surface area contributed by atoms with Gasteiger partial charge in [-0.15, -0.1) is 0 Å². The number of hydrogen-bond acceptors (Lipinski definition) is 3. The summed E-state index contributed by atoms with van der Waals surface area (Å²) >= 11 is 0. The number of nitrogens with zero attached hydrogens (tertiary/aromatic N) is 1. The highest BCUT2D eigenvalue weighted by atomic mass is 16.3. The van der Waals surface area contributed by atoms with Crippen molar-refractivity contribution in [3.8, 4) is 5.75 Å². The first-order valence-electron chi connectivity index (χ1n) is 7.54. The summed E-state index contributed by atoms with van der Waals surface area (Å²) in [6.07, 6.45) is 2.41. The van der Waals surface area contributed by atoms with Gasteiger partial charge in [0.15, 0.2) is 0 Å². The molecule has 3 heteroatoms. The molecule has 1 heterocycles. The van der Waals surface area contributed by atoms with Crippen molar-refractivity contribution in [2.24, 2.45) is 0 Å². The van der Waals surface area contributed by atoms with E-state index >= 15 is 0 Å². The average Bonchev–Trinajstić information content (AvgIpc) is 2.49. The van der Waals surface area contributed by atoms with Crippen LogP contribution in [0.15, 0.2) is 42.5 Å². The molecule has 1 aliphatic rings. The Hall–Kier alpha value is -2.00. The van der Waals surface area contributed by atoms with E-state index in [4.69, 9.17) is 0 Å². The Balaban J connectivity index is 1.62. The number of nitrogens with one attached hydrogen (secondary N) is 1. The summed E-state index contributed by atoms with van der Waals surface area (Å²) in [5.74, 6) is 0.358. The van der Waals surface area contributed by atoms with E-state index in [9.17, 15) is 5.11 Å². The summed E-state index contributed by atoms with van der Waals surface area (Å²) in [5.41, 5.74) is 5.06. The van der Waals surface area contributed by atoms with Crippen LogP contribution < -0.4 is 10.2 Å². The van der Waals surface area contributed by atoms with E-state index in [0.717, 1.165) is 18.7 Å². The van der Waals surface area contributed by atoms with Gasteiger partial charge in [-0.2, -0.15) is 0 Å². The monoisotopic (exact) mass is 282 g/mol. The van der Waals surface area contributed by atoms with Crippen LogP contribution in [0.5, 0.6) is 5.75 Å². The van der Waals surface area contributed by atoms with Crippen LogP contribution in [-0.2, 0) is 19.5 Å². The Morgan fingerprint density at radius 3 is 2.86 bits per heavy atom. The minimum atomic E-state index is 0.358. The Morgan fingerprint density at radius 2 is 2.00 bits per heavy atom. The third-order valence-corrected chi connectivity index (χ3v) is 4.13. The first-order chi connectivity index (χ1) is 10.2. The van der Waals surface area contributed by atoms with Gasteiger partial charge < -0.3 is 15.3 Å². The molecule has 0 radical (unpaired) electrons. The summed E-state index contributed by atoms with van der Waals surface area (Å²) in [5, 5.41) is 13.2. The molecule has 0 unspecified atom stereocenters. The predicted molar refractivity (Wildman–Crippen MR) is 86.7 cm³/mol. The van der Waals surface area contributed by atoms with Gasteiger partial charge in [-0.1, -0.05) is 30.3 Å². The van der Waals surface area contributed by atoms with Crippen LogP contribution >= 0.6 is 0 Å². The van der Waals surface area contributed by atoms with Gasteiger partial charge in [0.25, 0.3) is 0 Å². The van der Waals surface area contributed by atoms with Crippen LogP contribution in [0.3, 0.4) is 0 Å². The molecular formula is C18H22N2O. The molecule has 110 valence electrons. The van der Waals surface area contributed by atoms with Gasteiger partial charge in [0.2, 0.25) is 0 Å². The lowest BCUT2D eigenvalue weighted by atomic mass is 9.99. The van der Waals surface area contributed by atoms with Crippen LogP contribution in [0.4, 0.5) is 5.69 Å². The van der Waals surface area contributed by atoms with Crippen molar-refractivity contribution in [2.45, 2.75) is 25.9 Å². The third kappa shape index (κ3) is 3.19. The fourth-order valence-corrected chi connectivity index (χ4v) is 2.95. The standard InChI is InChI=1S/C18H22N2O/c1-20-10-4-6-15-11-14(8-9-17(15)20)12-19-13-16-5-2-3-7-18(16)21/h2-3,5,7-9,11,19,21H,4,6,10,12-13H2,1H3. The number of para-hydroxylation sites is 1. The van der Waals surface area contributed by atoms with Crippen molar-refractivity contribution >= 4 is 5.69 Å². The Morgan fingerprint density at radius 1 is 1.14 bits per heavy atom. The van der Waals surface area contributed by atoms with E-state index < -0.39 is 0 Å². The van der Waals surface area contributed by atoms with Gasteiger partial charge in [-0.3, -0.25) is 0 Å². The molecule has 0 amide bonds. The lowest BCUT2D eigenvalue weighted by molar-refractivity contribution is 0.464. The SMILES string of the molecule is CN1CCCc2cc(CNCc3ccccc3O)ccc21. The molecule has 0 spiro atoms. The van der Waals surface area contributed by atoms with Crippen LogP contribution in [-0.4, -0.2) is 18.7 Å². The van der Waals surface area contributed by atoms with Crippen LogP contribution in [0, 0.1) is 0 Å². The van der Waals surface area contributed by atoms with Gasteiger partial charge >= 0.3 is 0 Å². The highest BCUT2D eigenvalue weighted by molar-refractivity contribution is 5.56. The van der Waals surface area contributed by atoms with Crippen molar-refractivity contribution in [1.82, 2.24) is 5.32 Å². The molecule has 0 atom stereocenters. The van der Waals surface area contributed by atoms with E-state index in [1.807, 2.05) is 18.2 Å². The number of rotatable bonds is 4. The molecule has 0 aliphatic carbocycles. The van der Waals surface area contributed by atoms with Gasteiger partial charge in [-0.25, -0.2) is 0 Å². The van der Waals surface area contributed by atoms with Gasteiger partial charge in [-0.05, 0) is 36.1 Å². The van der Waals surface area contributed by atoms with Crippen LogP contribution in [0.2, 0.25) is 0 Å². The third-order valence-electron chi connectivity index (χ3n) is 4.13. The summed E-state index contributed by atoms with van der Waals surface area (Å²) in [6, 6.07) is 14.2. The zero-order chi connectivity index (χ0) is 14.7. The molecule has 0 aromatic heterocycles. The maximum Gasteiger partial charge on any atom is 0.120 e. The molecular weight excluding hydrogens is 260 g/mol. The van der Waals surface area contributed by atoms with Gasteiger partial charge in [0.1, 0.15) is 5.75 Å². The van der Waals surface area contributed by atoms with E-state index in [0.29, 0.717) is 12.3 Å². The molecule has 2 aromatic carbocycles. The van der Waals surface area contributed by atoms with Gasteiger partial charge in [0, 0.05) is 37.9 Å². The highest BCUT2D eigenvalue weighted by Gasteiger charge is 2.13. The molecule has 0 bridgehead atoms. The number of aromatic hydroxyl groups is 1. The number of hydrogen-bond donors (Lipinski definition) is 2. The smallest absolute Gasteiger partial charge is 0.120 e. The minimum Gasteiger partial charge on any atom is -0.508 e. The van der Waals surface area contributed by atoms with Crippen LogP contribution in [0.1, 0.15) is 23.1 Å². The van der Waals surface area contributed by atoms with Crippen molar-refractivity contribution in [2.75, 3.05) is 18.5 Å². The maximum atomic E-state index is 9.75. The zero-order valence-corrected chi connectivity index (χ0v) is 12.5. The first-order valence-corrected chi connectivity index (χ1v) is 7.54. The molecule has 2 aromatic rings. The second-order valence-electron chi connectivity index (χ2n) is 5.72. The van der Waals surface area contributed by atoms with Crippen molar-refractivity contribution in [3.05, 3.63) is 59.2 Å². The van der Waals surface area contributed by atoms with Crippen molar-refractivity contribution in [3.63, 3.8) is 0 Å².